The molecule has 8 nitrogen and oxygen atoms in total. The lowest BCUT2D eigenvalue weighted by Crippen LogP contribution is -2.14. The molecule has 2 heterocycles. The number of amides is 1. The van der Waals surface area contributed by atoms with Crippen molar-refractivity contribution in [2.45, 2.75) is 31.3 Å². The fourth-order valence-electron chi connectivity index (χ4n) is 3.09. The summed E-state index contributed by atoms with van der Waals surface area (Å²) in [6.07, 6.45) is 0. The third-order valence-electron chi connectivity index (χ3n) is 4.87. The summed E-state index contributed by atoms with van der Waals surface area (Å²) in [5.41, 5.74) is 2.41. The molecule has 4 aromatic rings. The Morgan fingerprint density at radius 2 is 1.82 bits per heavy atom. The first-order chi connectivity index (χ1) is 15.8. The Kier molecular flexibility index (Phi) is 6.50. The summed E-state index contributed by atoms with van der Waals surface area (Å²) in [5, 5.41) is 16.1. The quantitative estimate of drug-likeness (QED) is 0.387. The van der Waals surface area contributed by atoms with Crippen LogP contribution >= 0.6 is 11.8 Å². The number of rotatable bonds is 7. The van der Waals surface area contributed by atoms with Crippen LogP contribution in [0.15, 0.2) is 70.3 Å². The van der Waals surface area contributed by atoms with Crippen molar-refractivity contribution in [3.05, 3.63) is 66.4 Å². The molecule has 9 heteroatoms. The van der Waals surface area contributed by atoms with Crippen molar-refractivity contribution in [3.63, 3.8) is 0 Å². The second-order valence-corrected chi connectivity index (χ2v) is 9.31. The lowest BCUT2D eigenvalue weighted by Gasteiger charge is -2.12. The minimum atomic E-state index is -0.217. The number of carbonyl (C=O) groups is 1. The van der Waals surface area contributed by atoms with E-state index in [-0.39, 0.29) is 17.1 Å². The summed E-state index contributed by atoms with van der Waals surface area (Å²) < 4.78 is 12.4. The molecular weight excluding hydrogens is 438 g/mol. The molecule has 0 unspecified atom stereocenters. The number of anilines is 1. The molecule has 2 aromatic heterocycles. The first kappa shape index (κ1) is 22.6. The second-order valence-electron chi connectivity index (χ2n) is 8.37. The number of hydrogen-bond donors (Lipinski definition) is 1. The molecule has 2 aromatic carbocycles. The first-order valence-corrected chi connectivity index (χ1v) is 11.4. The lowest BCUT2D eigenvalue weighted by molar-refractivity contribution is -0.113. The highest BCUT2D eigenvalue weighted by Crippen LogP contribution is 2.29. The minimum Gasteiger partial charge on any atom is -0.497 e. The van der Waals surface area contributed by atoms with Crippen molar-refractivity contribution >= 4 is 23.6 Å². The van der Waals surface area contributed by atoms with Crippen LogP contribution in [0.1, 0.15) is 26.5 Å². The van der Waals surface area contributed by atoms with E-state index < -0.39 is 0 Å². The van der Waals surface area contributed by atoms with Gasteiger partial charge in [-0.05, 0) is 36.4 Å². The van der Waals surface area contributed by atoms with E-state index in [0.717, 1.165) is 22.7 Å². The molecule has 0 bridgehead atoms. The van der Waals surface area contributed by atoms with Crippen molar-refractivity contribution in [1.82, 2.24) is 19.9 Å². The van der Waals surface area contributed by atoms with Gasteiger partial charge in [-0.15, -0.1) is 10.2 Å². The van der Waals surface area contributed by atoms with Crippen LogP contribution in [-0.2, 0) is 10.2 Å². The zero-order valence-electron chi connectivity index (χ0n) is 18.9. The van der Waals surface area contributed by atoms with Gasteiger partial charge in [0.15, 0.2) is 11.0 Å². The first-order valence-electron chi connectivity index (χ1n) is 10.4. The van der Waals surface area contributed by atoms with Crippen LogP contribution in [-0.4, -0.2) is 38.7 Å². The van der Waals surface area contributed by atoms with Crippen LogP contribution in [0.4, 0.5) is 5.88 Å². The number of carbonyl (C=O) groups excluding carboxylic acids is 1. The SMILES string of the molecule is COc1ccc(-c2nnc(SCC(=O)Nc3cc(C(C)(C)C)no3)n2-c2ccccc2)cc1. The highest BCUT2D eigenvalue weighted by molar-refractivity contribution is 7.99. The molecule has 0 fully saturated rings. The molecule has 0 atom stereocenters. The Bertz CT molecular complexity index is 1230. The van der Waals surface area contributed by atoms with Gasteiger partial charge < -0.3 is 9.26 Å². The Morgan fingerprint density at radius 3 is 2.45 bits per heavy atom. The highest BCUT2D eigenvalue weighted by Gasteiger charge is 2.21. The van der Waals surface area contributed by atoms with Gasteiger partial charge in [-0.2, -0.15) is 0 Å². The third kappa shape index (κ3) is 5.25. The van der Waals surface area contributed by atoms with Gasteiger partial charge in [0.1, 0.15) is 5.75 Å². The van der Waals surface area contributed by atoms with Gasteiger partial charge >= 0.3 is 0 Å². The molecular formula is C24H25N5O3S. The molecule has 0 saturated heterocycles. The topological polar surface area (TPSA) is 95.1 Å². The second kappa shape index (κ2) is 9.50. The molecule has 1 N–H and O–H groups in total. The van der Waals surface area contributed by atoms with Gasteiger partial charge in [0.05, 0.1) is 18.6 Å². The number of methoxy groups -OCH3 is 1. The van der Waals surface area contributed by atoms with E-state index in [1.807, 2.05) is 79.9 Å². The number of para-hydroxylation sites is 1. The lowest BCUT2D eigenvalue weighted by atomic mass is 9.92. The van der Waals surface area contributed by atoms with E-state index in [1.165, 1.54) is 11.8 Å². The van der Waals surface area contributed by atoms with Crippen LogP contribution < -0.4 is 10.1 Å². The molecule has 0 saturated carbocycles. The zero-order valence-corrected chi connectivity index (χ0v) is 19.7. The van der Waals surface area contributed by atoms with Crippen LogP contribution in [0.5, 0.6) is 5.75 Å². The van der Waals surface area contributed by atoms with Crippen molar-refractivity contribution < 1.29 is 14.1 Å². The molecule has 1 amide bonds. The summed E-state index contributed by atoms with van der Waals surface area (Å²) in [6, 6.07) is 19.2. The van der Waals surface area contributed by atoms with E-state index in [2.05, 4.69) is 20.7 Å². The number of nitrogens with one attached hydrogen (secondary N) is 1. The predicted octanol–water partition coefficient (Wildman–Crippen LogP) is 4.96. The van der Waals surface area contributed by atoms with E-state index in [9.17, 15) is 4.79 Å². The predicted molar refractivity (Wildman–Crippen MR) is 128 cm³/mol. The monoisotopic (exact) mass is 463 g/mol. The summed E-state index contributed by atoms with van der Waals surface area (Å²) >= 11 is 1.30. The van der Waals surface area contributed by atoms with Crippen LogP contribution in [0.3, 0.4) is 0 Å². The number of aromatic nitrogens is 4. The van der Waals surface area contributed by atoms with E-state index in [0.29, 0.717) is 16.9 Å². The average Bonchev–Trinajstić information content (AvgIpc) is 3.45. The highest BCUT2D eigenvalue weighted by atomic mass is 32.2. The molecule has 33 heavy (non-hydrogen) atoms. The largest absolute Gasteiger partial charge is 0.497 e. The zero-order chi connectivity index (χ0) is 23.4. The summed E-state index contributed by atoms with van der Waals surface area (Å²) in [6.45, 7) is 6.09. The van der Waals surface area contributed by atoms with Crippen LogP contribution in [0.2, 0.25) is 0 Å². The molecule has 170 valence electrons. The van der Waals surface area contributed by atoms with E-state index in [1.54, 1.807) is 13.2 Å². The summed E-state index contributed by atoms with van der Waals surface area (Å²) in [4.78, 5) is 12.5. The fourth-order valence-corrected chi connectivity index (χ4v) is 3.84. The van der Waals surface area contributed by atoms with Gasteiger partial charge in [-0.3, -0.25) is 14.7 Å². The maximum absolute atomic E-state index is 12.5. The molecule has 0 aliphatic rings. The Balaban J connectivity index is 1.54. The number of benzene rings is 2. The number of thioether (sulfide) groups is 1. The average molecular weight is 464 g/mol. The molecule has 0 spiro atoms. The Labute approximate surface area is 196 Å². The van der Waals surface area contributed by atoms with Gasteiger partial charge in [-0.25, -0.2) is 0 Å². The van der Waals surface area contributed by atoms with Crippen LogP contribution in [0.25, 0.3) is 17.1 Å². The third-order valence-corrected chi connectivity index (χ3v) is 5.80. The number of ether oxygens (including phenoxy) is 1. The Hall–Kier alpha value is -3.59. The van der Waals surface area contributed by atoms with Gasteiger partial charge in [-0.1, -0.05) is 55.9 Å². The molecule has 0 aliphatic heterocycles. The van der Waals surface area contributed by atoms with E-state index >= 15 is 0 Å². The van der Waals surface area contributed by atoms with Gasteiger partial charge in [0.2, 0.25) is 11.8 Å². The maximum Gasteiger partial charge on any atom is 0.237 e. The van der Waals surface area contributed by atoms with Crippen molar-refractivity contribution in [2.24, 2.45) is 0 Å². The van der Waals surface area contributed by atoms with Gasteiger partial charge in [0.25, 0.3) is 0 Å². The standard InChI is InChI=1S/C24H25N5O3S/c1-24(2,3)19-14-21(32-28-19)25-20(30)15-33-23-27-26-22(16-10-12-18(31-4)13-11-16)29(23)17-8-6-5-7-9-17/h5-14H,15H2,1-4H3,(H,25,30). The fraction of sp³-hybridized carbons (Fsp3) is 0.250. The molecule has 4 rings (SSSR count). The smallest absolute Gasteiger partial charge is 0.237 e. The minimum absolute atomic E-state index is 0.138. The Morgan fingerprint density at radius 1 is 1.09 bits per heavy atom. The number of hydrogen-bond acceptors (Lipinski definition) is 7. The van der Waals surface area contributed by atoms with Crippen LogP contribution in [0, 0.1) is 0 Å². The molecule has 0 radical (unpaired) electrons. The van der Waals surface area contributed by atoms with Crippen molar-refractivity contribution in [2.75, 3.05) is 18.2 Å². The van der Waals surface area contributed by atoms with Crippen molar-refractivity contribution in [3.8, 4) is 22.8 Å². The van der Waals surface area contributed by atoms with Crippen molar-refractivity contribution in [1.29, 1.82) is 0 Å². The summed E-state index contributed by atoms with van der Waals surface area (Å²) in [7, 11) is 1.63. The summed E-state index contributed by atoms with van der Waals surface area (Å²) in [5.74, 6) is 1.69. The maximum atomic E-state index is 12.5. The number of nitrogens with zero attached hydrogens (tertiary/aromatic N) is 4. The van der Waals surface area contributed by atoms with E-state index in [4.69, 9.17) is 9.26 Å². The normalized spacial score (nSPS) is 11.4. The van der Waals surface area contributed by atoms with Gasteiger partial charge in [0, 0.05) is 22.7 Å². The molecule has 0 aliphatic carbocycles.